The van der Waals surface area contributed by atoms with Gasteiger partial charge in [-0.3, -0.25) is 9.59 Å². The zero-order valence-corrected chi connectivity index (χ0v) is 16.1. The Morgan fingerprint density at radius 2 is 1.81 bits per heavy atom. The molecule has 4 rings (SSSR count). The van der Waals surface area contributed by atoms with E-state index >= 15 is 0 Å². The number of nitrogens with one attached hydrogen (secondary N) is 2. The minimum absolute atomic E-state index is 0.0448. The van der Waals surface area contributed by atoms with E-state index in [1.807, 2.05) is 55.5 Å². The molecule has 27 heavy (non-hydrogen) atoms. The summed E-state index contributed by atoms with van der Waals surface area (Å²) in [5.74, 6) is 0.328. The molecule has 2 aromatic rings. The summed E-state index contributed by atoms with van der Waals surface area (Å²) in [5, 5.41) is 6.73. The van der Waals surface area contributed by atoms with Crippen molar-refractivity contribution in [1.29, 1.82) is 0 Å². The lowest BCUT2D eigenvalue weighted by atomic mass is 9.94. The Morgan fingerprint density at radius 3 is 2.41 bits per heavy atom. The van der Waals surface area contributed by atoms with Crippen molar-refractivity contribution < 1.29 is 9.59 Å². The second kappa shape index (κ2) is 7.01. The van der Waals surface area contributed by atoms with Gasteiger partial charge in [0.05, 0.1) is 11.5 Å². The van der Waals surface area contributed by atoms with E-state index in [1.54, 1.807) is 0 Å². The van der Waals surface area contributed by atoms with E-state index < -0.39 is 5.41 Å². The third kappa shape index (κ3) is 3.86. The summed E-state index contributed by atoms with van der Waals surface area (Å²) in [6, 6.07) is 15.1. The van der Waals surface area contributed by atoms with Gasteiger partial charge in [-0.1, -0.05) is 35.9 Å². The van der Waals surface area contributed by atoms with Crippen molar-refractivity contribution in [2.75, 3.05) is 5.32 Å². The largest absolute Gasteiger partial charge is 0.349 e. The number of hydrogen-bond donors (Lipinski definition) is 2. The number of hydrogen-bond acceptors (Lipinski definition) is 2. The van der Waals surface area contributed by atoms with Crippen molar-refractivity contribution in [3.63, 3.8) is 0 Å². The molecule has 1 atom stereocenters. The Labute approximate surface area is 164 Å². The van der Waals surface area contributed by atoms with Crippen molar-refractivity contribution in [1.82, 2.24) is 5.32 Å². The zero-order chi connectivity index (χ0) is 19.0. The average molecular weight is 383 g/mol. The summed E-state index contributed by atoms with van der Waals surface area (Å²) < 4.78 is 0. The van der Waals surface area contributed by atoms with Crippen LogP contribution >= 0.6 is 11.6 Å². The fourth-order valence-electron chi connectivity index (χ4n) is 3.42. The van der Waals surface area contributed by atoms with Crippen LogP contribution in [-0.2, 0) is 15.0 Å². The van der Waals surface area contributed by atoms with Gasteiger partial charge in [-0.15, -0.1) is 0 Å². The molecule has 4 nitrogen and oxygen atoms in total. The number of anilines is 1. The van der Waals surface area contributed by atoms with Crippen LogP contribution in [0.5, 0.6) is 0 Å². The summed E-state index contributed by atoms with van der Waals surface area (Å²) >= 11 is 6.10. The molecule has 0 aromatic heterocycles. The smallest absolute Gasteiger partial charge is 0.231 e. The lowest BCUT2D eigenvalue weighted by Crippen LogP contribution is -2.36. The maximum Gasteiger partial charge on any atom is 0.231 e. The number of amides is 2. The van der Waals surface area contributed by atoms with E-state index in [1.165, 1.54) is 0 Å². The maximum atomic E-state index is 12.9. The molecule has 2 aromatic carbocycles. The zero-order valence-electron chi connectivity index (χ0n) is 15.3. The van der Waals surface area contributed by atoms with Gasteiger partial charge in [0, 0.05) is 16.6 Å². The van der Waals surface area contributed by atoms with Crippen molar-refractivity contribution in [2.24, 2.45) is 5.92 Å². The van der Waals surface area contributed by atoms with Crippen LogP contribution in [0, 0.1) is 5.92 Å². The molecule has 0 saturated heterocycles. The topological polar surface area (TPSA) is 58.2 Å². The second-order valence-corrected chi connectivity index (χ2v) is 8.11. The lowest BCUT2D eigenvalue weighted by molar-refractivity contribution is -0.124. The fourth-order valence-corrected chi connectivity index (χ4v) is 3.61. The summed E-state index contributed by atoms with van der Waals surface area (Å²) in [6.45, 7) is 1.98. The quantitative estimate of drug-likeness (QED) is 0.767. The van der Waals surface area contributed by atoms with Gasteiger partial charge in [-0.25, -0.2) is 0 Å². The Hall–Kier alpha value is -2.33. The van der Waals surface area contributed by atoms with E-state index in [0.717, 1.165) is 42.5 Å². The van der Waals surface area contributed by atoms with Crippen LogP contribution in [0.3, 0.4) is 0 Å². The predicted molar refractivity (Wildman–Crippen MR) is 107 cm³/mol. The van der Waals surface area contributed by atoms with Crippen molar-refractivity contribution in [2.45, 2.75) is 44.1 Å². The maximum absolute atomic E-state index is 12.9. The van der Waals surface area contributed by atoms with Gasteiger partial charge in [0.25, 0.3) is 0 Å². The third-order valence-electron chi connectivity index (χ3n) is 5.54. The first-order valence-electron chi connectivity index (χ1n) is 9.46. The normalized spacial score (nSPS) is 18.4. The van der Waals surface area contributed by atoms with Gasteiger partial charge in [0.15, 0.2) is 0 Å². The van der Waals surface area contributed by atoms with Crippen molar-refractivity contribution >= 4 is 29.1 Å². The summed E-state index contributed by atoms with van der Waals surface area (Å²) in [5.41, 5.74) is 2.34. The van der Waals surface area contributed by atoms with E-state index in [9.17, 15) is 9.59 Å². The highest BCUT2D eigenvalue weighted by atomic mass is 35.5. The third-order valence-corrected chi connectivity index (χ3v) is 5.77. The second-order valence-electron chi connectivity index (χ2n) is 7.67. The van der Waals surface area contributed by atoms with E-state index in [2.05, 4.69) is 10.6 Å². The van der Waals surface area contributed by atoms with Crippen LogP contribution in [-0.4, -0.2) is 11.8 Å². The molecule has 0 aliphatic heterocycles. The highest BCUT2D eigenvalue weighted by Gasteiger charge is 2.51. The van der Waals surface area contributed by atoms with Gasteiger partial charge >= 0.3 is 0 Å². The van der Waals surface area contributed by atoms with Crippen molar-refractivity contribution in [3.8, 4) is 0 Å². The van der Waals surface area contributed by atoms with Gasteiger partial charge < -0.3 is 10.6 Å². The minimum Gasteiger partial charge on any atom is -0.349 e. The first-order chi connectivity index (χ1) is 13.0. The summed E-state index contributed by atoms with van der Waals surface area (Å²) in [7, 11) is 0. The van der Waals surface area contributed by atoms with Gasteiger partial charge in [-0.05, 0) is 68.0 Å². The molecule has 2 fully saturated rings. The fraction of sp³-hybridized carbons (Fsp3) is 0.364. The monoisotopic (exact) mass is 382 g/mol. The van der Waals surface area contributed by atoms with Crippen molar-refractivity contribution in [3.05, 3.63) is 64.7 Å². The Bertz CT molecular complexity index is 870. The lowest BCUT2D eigenvalue weighted by Gasteiger charge is -2.21. The van der Waals surface area contributed by atoms with Crippen LogP contribution in [0.4, 0.5) is 5.69 Å². The molecule has 2 aliphatic rings. The minimum atomic E-state index is -0.447. The molecular formula is C22H23ClN2O2. The van der Waals surface area contributed by atoms with Gasteiger partial charge in [0.1, 0.15) is 0 Å². The van der Waals surface area contributed by atoms with E-state index in [-0.39, 0.29) is 23.8 Å². The molecule has 2 aliphatic carbocycles. The average Bonchev–Trinajstić information content (AvgIpc) is 3.56. The van der Waals surface area contributed by atoms with Crippen LogP contribution in [0.25, 0.3) is 0 Å². The molecule has 5 heteroatoms. The molecular weight excluding hydrogens is 360 g/mol. The van der Waals surface area contributed by atoms with E-state index in [0.29, 0.717) is 5.02 Å². The molecule has 0 bridgehead atoms. The number of carbonyl (C=O) groups excluding carboxylic acids is 2. The van der Waals surface area contributed by atoms with Crippen LogP contribution in [0.2, 0.25) is 5.02 Å². The van der Waals surface area contributed by atoms with Gasteiger partial charge in [0.2, 0.25) is 11.8 Å². The molecule has 140 valence electrons. The number of carbonyl (C=O) groups is 2. The molecule has 2 saturated carbocycles. The highest BCUT2D eigenvalue weighted by Crippen LogP contribution is 2.49. The van der Waals surface area contributed by atoms with Crippen LogP contribution in [0.1, 0.15) is 49.8 Å². The Kier molecular flexibility index (Phi) is 4.68. The standard InChI is InChI=1S/C22H23ClN2O2/c1-14(15-7-9-19(10-8-15)25-20(26)16-5-6-16)24-21(27)22(11-12-22)17-3-2-4-18(23)13-17/h2-4,7-10,13-14,16H,5-6,11-12H2,1H3,(H,24,27)(H,25,26). The molecule has 0 radical (unpaired) electrons. The Morgan fingerprint density at radius 1 is 1.11 bits per heavy atom. The number of benzene rings is 2. The van der Waals surface area contributed by atoms with Crippen LogP contribution < -0.4 is 10.6 Å². The SMILES string of the molecule is CC(NC(=O)C1(c2cccc(Cl)c2)CC1)c1ccc(NC(=O)C2CC2)cc1. The summed E-state index contributed by atoms with van der Waals surface area (Å²) in [6.07, 6.45) is 3.67. The summed E-state index contributed by atoms with van der Waals surface area (Å²) in [4.78, 5) is 24.7. The molecule has 1 unspecified atom stereocenters. The molecule has 0 heterocycles. The molecule has 0 spiro atoms. The predicted octanol–water partition coefficient (Wildman–Crippen LogP) is 4.60. The van der Waals surface area contributed by atoms with Gasteiger partial charge in [-0.2, -0.15) is 0 Å². The first-order valence-corrected chi connectivity index (χ1v) is 9.83. The molecule has 2 N–H and O–H groups in total. The van der Waals surface area contributed by atoms with E-state index in [4.69, 9.17) is 11.6 Å². The molecule has 2 amide bonds. The Balaban J connectivity index is 1.40. The number of halogens is 1. The highest BCUT2D eigenvalue weighted by molar-refractivity contribution is 6.30. The van der Waals surface area contributed by atoms with Crippen LogP contribution in [0.15, 0.2) is 48.5 Å². The number of rotatable bonds is 6. The first kappa shape index (κ1) is 18.1.